The minimum absolute atomic E-state index is 0.0190. The van der Waals surface area contributed by atoms with Crippen molar-refractivity contribution >= 4 is 17.4 Å². The summed E-state index contributed by atoms with van der Waals surface area (Å²) in [4.78, 5) is 12.0. The van der Waals surface area contributed by atoms with Crippen molar-refractivity contribution in [1.82, 2.24) is 0 Å². The van der Waals surface area contributed by atoms with E-state index < -0.39 is 28.0 Å². The zero-order valence-electron chi connectivity index (χ0n) is 13.5. The molecule has 0 fully saturated rings. The maximum absolute atomic E-state index is 13.8. The molecule has 0 saturated heterocycles. The van der Waals surface area contributed by atoms with Crippen molar-refractivity contribution in [2.45, 2.75) is 25.7 Å². The summed E-state index contributed by atoms with van der Waals surface area (Å²) in [6, 6.07) is 7.87. The standard InChI is InChI=1S/C18H17ClF2O3/c1-4-15(22)16-14(18(19,20)21)9-13(10(2)17(16)23)11-5-7-12(24-3)8-6-11/h5-9,23H,4H2,1-3H3. The number of phenolic OH excluding ortho intramolecular Hbond substituents is 1. The summed E-state index contributed by atoms with van der Waals surface area (Å²) >= 11 is 5.18. The maximum Gasteiger partial charge on any atom is 0.349 e. The molecule has 3 nitrogen and oxygen atoms in total. The van der Waals surface area contributed by atoms with Crippen molar-refractivity contribution in [3.63, 3.8) is 0 Å². The fourth-order valence-electron chi connectivity index (χ4n) is 2.52. The van der Waals surface area contributed by atoms with Crippen LogP contribution in [0.25, 0.3) is 11.1 Å². The highest BCUT2D eigenvalue weighted by molar-refractivity contribution is 6.22. The SMILES string of the molecule is CCC(=O)c1c(C(F)(F)Cl)cc(-c2ccc(OC)cc2)c(C)c1O. The van der Waals surface area contributed by atoms with Gasteiger partial charge in [-0.3, -0.25) is 4.79 Å². The highest BCUT2D eigenvalue weighted by atomic mass is 35.5. The molecule has 6 heteroatoms. The van der Waals surface area contributed by atoms with Crippen LogP contribution < -0.4 is 4.74 Å². The van der Waals surface area contributed by atoms with Crippen LogP contribution >= 0.6 is 11.6 Å². The van der Waals surface area contributed by atoms with Gasteiger partial charge in [0.05, 0.1) is 18.2 Å². The number of rotatable bonds is 5. The van der Waals surface area contributed by atoms with Crippen LogP contribution in [0.1, 0.15) is 34.8 Å². The average molecular weight is 355 g/mol. The molecule has 24 heavy (non-hydrogen) atoms. The first-order chi connectivity index (χ1) is 11.2. The van der Waals surface area contributed by atoms with E-state index in [1.165, 1.54) is 14.0 Å². The van der Waals surface area contributed by atoms with Gasteiger partial charge in [0.15, 0.2) is 5.78 Å². The second-order valence-corrected chi connectivity index (χ2v) is 5.80. The molecule has 2 aromatic rings. The first kappa shape index (κ1) is 18.2. The number of methoxy groups -OCH3 is 1. The first-order valence-electron chi connectivity index (χ1n) is 7.32. The minimum Gasteiger partial charge on any atom is -0.507 e. The van der Waals surface area contributed by atoms with Gasteiger partial charge in [0, 0.05) is 6.42 Å². The van der Waals surface area contributed by atoms with Gasteiger partial charge in [0.2, 0.25) is 0 Å². The molecule has 0 aliphatic rings. The van der Waals surface area contributed by atoms with E-state index in [1.807, 2.05) is 0 Å². The van der Waals surface area contributed by atoms with Gasteiger partial charge in [-0.05, 0) is 53.4 Å². The van der Waals surface area contributed by atoms with Gasteiger partial charge in [-0.1, -0.05) is 19.1 Å². The van der Waals surface area contributed by atoms with Crippen molar-refractivity contribution < 1.29 is 23.4 Å². The molecule has 0 bridgehead atoms. The highest BCUT2D eigenvalue weighted by Gasteiger charge is 2.35. The lowest BCUT2D eigenvalue weighted by Crippen LogP contribution is -2.13. The smallest absolute Gasteiger partial charge is 0.349 e. The van der Waals surface area contributed by atoms with E-state index >= 15 is 0 Å². The minimum atomic E-state index is -3.77. The second kappa shape index (κ2) is 6.77. The number of phenols is 1. The zero-order chi connectivity index (χ0) is 18.1. The van der Waals surface area contributed by atoms with Crippen LogP contribution in [-0.2, 0) is 5.38 Å². The normalized spacial score (nSPS) is 11.4. The zero-order valence-corrected chi connectivity index (χ0v) is 14.2. The van der Waals surface area contributed by atoms with Crippen molar-refractivity contribution in [3.05, 3.63) is 47.0 Å². The average Bonchev–Trinajstić information content (AvgIpc) is 2.55. The fourth-order valence-corrected chi connectivity index (χ4v) is 2.67. The number of ketones is 1. The largest absolute Gasteiger partial charge is 0.507 e. The summed E-state index contributed by atoms with van der Waals surface area (Å²) < 4.78 is 32.7. The van der Waals surface area contributed by atoms with Crippen LogP contribution in [0, 0.1) is 6.92 Å². The Morgan fingerprint density at radius 3 is 2.33 bits per heavy atom. The van der Waals surface area contributed by atoms with Crippen LogP contribution in [0.2, 0.25) is 0 Å². The Hall–Kier alpha value is -2.14. The molecule has 0 aliphatic carbocycles. The van der Waals surface area contributed by atoms with Crippen LogP contribution in [0.5, 0.6) is 11.5 Å². The van der Waals surface area contributed by atoms with Crippen molar-refractivity contribution in [2.24, 2.45) is 0 Å². The number of benzene rings is 2. The number of carbonyl (C=O) groups excluding carboxylic acids is 1. The number of aromatic hydroxyl groups is 1. The summed E-state index contributed by atoms with van der Waals surface area (Å²) in [5.74, 6) is -0.445. The highest BCUT2D eigenvalue weighted by Crippen LogP contribution is 2.43. The van der Waals surface area contributed by atoms with E-state index in [0.29, 0.717) is 22.4 Å². The fraction of sp³-hybridized carbons (Fsp3) is 0.278. The van der Waals surface area contributed by atoms with E-state index in [2.05, 4.69) is 0 Å². The van der Waals surface area contributed by atoms with Gasteiger partial charge in [0.1, 0.15) is 11.5 Å². The molecule has 0 unspecified atom stereocenters. The molecule has 2 aromatic carbocycles. The summed E-state index contributed by atoms with van der Waals surface area (Å²) in [7, 11) is 1.52. The van der Waals surface area contributed by atoms with E-state index in [1.54, 1.807) is 31.2 Å². The topological polar surface area (TPSA) is 46.5 Å². The number of hydrogen-bond acceptors (Lipinski definition) is 3. The Morgan fingerprint density at radius 1 is 1.29 bits per heavy atom. The summed E-state index contributed by atoms with van der Waals surface area (Å²) in [6.45, 7) is 3.10. The number of carbonyl (C=O) groups is 1. The molecule has 1 N–H and O–H groups in total. The van der Waals surface area contributed by atoms with Crippen LogP contribution in [0.3, 0.4) is 0 Å². The molecule has 128 valence electrons. The molecule has 0 heterocycles. The van der Waals surface area contributed by atoms with Crippen LogP contribution in [0.15, 0.2) is 30.3 Å². The second-order valence-electron chi connectivity index (χ2n) is 5.32. The number of hydrogen-bond donors (Lipinski definition) is 1. The van der Waals surface area contributed by atoms with Gasteiger partial charge < -0.3 is 9.84 Å². The molecule has 0 atom stereocenters. The lowest BCUT2D eigenvalue weighted by atomic mass is 9.91. The molecule has 2 rings (SSSR count). The number of halogens is 3. The lowest BCUT2D eigenvalue weighted by molar-refractivity contribution is 0.0872. The quantitative estimate of drug-likeness (QED) is 0.588. The Labute approximate surface area is 143 Å². The van der Waals surface area contributed by atoms with Gasteiger partial charge in [0.25, 0.3) is 0 Å². The first-order valence-corrected chi connectivity index (χ1v) is 7.69. The van der Waals surface area contributed by atoms with Crippen molar-refractivity contribution in [1.29, 1.82) is 0 Å². The van der Waals surface area contributed by atoms with E-state index in [4.69, 9.17) is 16.3 Å². The molecule has 0 aliphatic heterocycles. The Morgan fingerprint density at radius 2 is 1.88 bits per heavy atom. The third-order valence-electron chi connectivity index (χ3n) is 3.86. The number of Topliss-reactive ketones (excluding diaryl/α,β-unsaturated/α-hetero) is 1. The van der Waals surface area contributed by atoms with Crippen molar-refractivity contribution in [3.8, 4) is 22.6 Å². The molecule has 0 saturated carbocycles. The molecule has 0 radical (unpaired) electrons. The lowest BCUT2D eigenvalue weighted by Gasteiger charge is -2.19. The summed E-state index contributed by atoms with van der Waals surface area (Å²) in [5, 5.41) is 6.58. The number of alkyl halides is 3. The molecule has 0 aromatic heterocycles. The van der Waals surface area contributed by atoms with Crippen molar-refractivity contribution in [2.75, 3.05) is 7.11 Å². The molecule has 0 spiro atoms. The summed E-state index contributed by atoms with van der Waals surface area (Å²) in [6.07, 6.45) is -0.0190. The van der Waals surface area contributed by atoms with Gasteiger partial charge >= 0.3 is 5.38 Å². The van der Waals surface area contributed by atoms with Gasteiger partial charge in [-0.2, -0.15) is 8.78 Å². The van der Waals surface area contributed by atoms with E-state index in [9.17, 15) is 18.7 Å². The maximum atomic E-state index is 13.8. The Bertz CT molecular complexity index is 765. The Balaban J connectivity index is 2.74. The molecule has 0 amide bonds. The predicted molar refractivity (Wildman–Crippen MR) is 89.2 cm³/mol. The van der Waals surface area contributed by atoms with E-state index in [0.717, 1.165) is 6.07 Å². The van der Waals surface area contributed by atoms with Gasteiger partial charge in [-0.25, -0.2) is 0 Å². The van der Waals surface area contributed by atoms with E-state index in [-0.39, 0.29) is 6.42 Å². The summed E-state index contributed by atoms with van der Waals surface area (Å²) in [5.41, 5.74) is 0.193. The van der Waals surface area contributed by atoms with Crippen LogP contribution in [-0.4, -0.2) is 18.0 Å². The third kappa shape index (κ3) is 3.36. The predicted octanol–water partition coefficient (Wildman–Crippen LogP) is 5.26. The van der Waals surface area contributed by atoms with Gasteiger partial charge in [-0.15, -0.1) is 0 Å². The molecular formula is C18H17ClF2O3. The molecular weight excluding hydrogens is 338 g/mol. The Kier molecular flexibility index (Phi) is 5.13. The monoisotopic (exact) mass is 354 g/mol. The number of ether oxygens (including phenoxy) is 1. The third-order valence-corrected chi connectivity index (χ3v) is 4.06. The van der Waals surface area contributed by atoms with Crippen LogP contribution in [0.4, 0.5) is 8.78 Å².